The molecule has 0 spiro atoms. The number of nitrogens with two attached hydrogens (primary N) is 1. The molecule has 0 aliphatic carbocycles. The molecule has 0 bridgehead atoms. The molecule has 5 heavy (non-hydrogen) atoms. The summed E-state index contributed by atoms with van der Waals surface area (Å²) in [6.07, 6.45) is 0. The molecule has 0 saturated carbocycles. The normalized spacial score (nSPS) is 5.00. The van der Waals surface area contributed by atoms with Gasteiger partial charge >= 0.3 is 18.0 Å². The standard InChI is InChI=1S/CH3NS2.AsH3/c2-1(3)4;/h(H3,2,3,4);1H3. The molecule has 0 aliphatic heterocycles. The molecule has 0 radical (unpaired) electrons. The first kappa shape index (κ1) is 9.25. The van der Waals surface area contributed by atoms with Crippen molar-refractivity contribution in [2.75, 3.05) is 0 Å². The van der Waals surface area contributed by atoms with Crippen LogP contribution in [0.4, 0.5) is 0 Å². The van der Waals surface area contributed by atoms with Gasteiger partial charge in [0.05, 0.1) is 0 Å². The Morgan fingerprint density at radius 2 is 1.80 bits per heavy atom. The predicted molar refractivity (Wildman–Crippen MR) is 35.7 cm³/mol. The molecule has 0 aromatic heterocycles. The van der Waals surface area contributed by atoms with Crippen molar-refractivity contribution in [1.82, 2.24) is 0 Å². The fourth-order valence-electron chi connectivity index (χ4n) is 0. The van der Waals surface area contributed by atoms with E-state index in [1.165, 1.54) is 0 Å². The van der Waals surface area contributed by atoms with Crippen molar-refractivity contribution in [3.63, 3.8) is 0 Å². The summed E-state index contributed by atoms with van der Waals surface area (Å²) in [5, 5.41) is 0. The van der Waals surface area contributed by atoms with Crippen LogP contribution in [0.15, 0.2) is 0 Å². The number of thiocarbonyl (C=S) groups is 1. The number of rotatable bonds is 0. The van der Waals surface area contributed by atoms with Crippen LogP contribution in [0.2, 0.25) is 0 Å². The summed E-state index contributed by atoms with van der Waals surface area (Å²) in [7, 11) is 0. The second-order valence-electron chi connectivity index (χ2n) is 0.338. The predicted octanol–water partition coefficient (Wildman–Crippen LogP) is -1.02. The minimum absolute atomic E-state index is 0. The second-order valence-corrected chi connectivity index (χ2v) is 1.56. The van der Waals surface area contributed by atoms with E-state index in [1.807, 2.05) is 0 Å². The molecule has 2 N–H and O–H groups in total. The first-order valence-electron chi connectivity index (χ1n) is 0.716. The zero-order valence-corrected chi connectivity index (χ0v) is 7.32. The van der Waals surface area contributed by atoms with Gasteiger partial charge in [-0.05, 0) is 0 Å². The summed E-state index contributed by atoms with van der Waals surface area (Å²) < 4.78 is 0.194. The molecule has 0 saturated heterocycles. The van der Waals surface area contributed by atoms with E-state index in [2.05, 4.69) is 24.8 Å². The van der Waals surface area contributed by atoms with E-state index in [0.29, 0.717) is 0 Å². The Kier molecular flexibility index (Phi) is 8.88. The fourth-order valence-corrected chi connectivity index (χ4v) is 0. The van der Waals surface area contributed by atoms with Crippen molar-refractivity contribution < 1.29 is 0 Å². The van der Waals surface area contributed by atoms with E-state index in [4.69, 9.17) is 5.73 Å². The third kappa shape index (κ3) is 58.9. The molecule has 0 amide bonds. The topological polar surface area (TPSA) is 26.0 Å². The van der Waals surface area contributed by atoms with Crippen molar-refractivity contribution in [2.45, 2.75) is 0 Å². The fraction of sp³-hybridized carbons (Fsp3) is 0. The van der Waals surface area contributed by atoms with Gasteiger partial charge in [-0.2, -0.15) is 0 Å². The van der Waals surface area contributed by atoms with E-state index in [1.54, 1.807) is 0 Å². The van der Waals surface area contributed by atoms with E-state index in [9.17, 15) is 0 Å². The monoisotopic (exact) mass is 171 g/mol. The van der Waals surface area contributed by atoms with Crippen molar-refractivity contribution in [3.05, 3.63) is 0 Å². The van der Waals surface area contributed by atoms with E-state index < -0.39 is 0 Å². The molecule has 0 rings (SSSR count). The van der Waals surface area contributed by atoms with Gasteiger partial charge in [0.25, 0.3) is 0 Å². The Balaban J connectivity index is 0. The SMILES string of the molecule is NC(=S)S.[AsH3]. The van der Waals surface area contributed by atoms with E-state index in [0.717, 1.165) is 0 Å². The van der Waals surface area contributed by atoms with Crippen LogP contribution in [0, 0.1) is 0 Å². The summed E-state index contributed by atoms with van der Waals surface area (Å²) in [5.74, 6) is 0. The average Bonchev–Trinajstić information content (AvgIpc) is 0.811. The number of hydrogen-bond donors (Lipinski definition) is 2. The third-order valence-electron chi connectivity index (χ3n) is 0. The molecular formula is CH6AsNS2. The van der Waals surface area contributed by atoms with Gasteiger partial charge in [0.15, 0.2) is 0 Å². The van der Waals surface area contributed by atoms with Crippen molar-refractivity contribution in [3.8, 4) is 0 Å². The van der Waals surface area contributed by atoms with Crippen LogP contribution in [-0.2, 0) is 0 Å². The Labute approximate surface area is 53.0 Å². The van der Waals surface area contributed by atoms with Crippen molar-refractivity contribution in [1.29, 1.82) is 0 Å². The van der Waals surface area contributed by atoms with Crippen molar-refractivity contribution in [2.24, 2.45) is 5.73 Å². The molecule has 32 valence electrons. The molecule has 0 aliphatic rings. The van der Waals surface area contributed by atoms with Crippen LogP contribution in [0.1, 0.15) is 0 Å². The van der Waals surface area contributed by atoms with Crippen LogP contribution in [0.5, 0.6) is 0 Å². The quantitative estimate of drug-likeness (QED) is 0.277. The van der Waals surface area contributed by atoms with Gasteiger partial charge in [-0.3, -0.25) is 0 Å². The first-order valence-corrected chi connectivity index (χ1v) is 1.57. The van der Waals surface area contributed by atoms with Gasteiger partial charge in [-0.25, -0.2) is 0 Å². The van der Waals surface area contributed by atoms with Crippen LogP contribution < -0.4 is 5.73 Å². The molecule has 1 unspecified atom stereocenters. The zero-order valence-electron chi connectivity index (χ0n) is 2.64. The van der Waals surface area contributed by atoms with Crippen LogP contribution >= 0.6 is 24.8 Å². The summed E-state index contributed by atoms with van der Waals surface area (Å²) in [5.41, 5.74) is 4.71. The van der Waals surface area contributed by atoms with Crippen LogP contribution in [0.3, 0.4) is 0 Å². The summed E-state index contributed by atoms with van der Waals surface area (Å²) in [6, 6.07) is 0. The second kappa shape index (κ2) is 4.80. The maximum atomic E-state index is 4.71. The molecule has 0 aromatic carbocycles. The summed E-state index contributed by atoms with van der Waals surface area (Å²) in [6.45, 7) is 0. The average molecular weight is 171 g/mol. The number of hydrogen-bond acceptors (Lipinski definition) is 1. The van der Waals surface area contributed by atoms with Gasteiger partial charge in [0, 0.05) is 0 Å². The Morgan fingerprint density at radius 1 is 1.80 bits per heavy atom. The molecule has 0 fully saturated rings. The van der Waals surface area contributed by atoms with Gasteiger partial charge in [-0.1, -0.05) is 12.2 Å². The van der Waals surface area contributed by atoms with Crippen LogP contribution in [-0.4, -0.2) is 22.3 Å². The molecule has 1 nitrogen and oxygen atoms in total. The van der Waals surface area contributed by atoms with Gasteiger partial charge in [-0.15, -0.1) is 12.6 Å². The Hall–Kier alpha value is 0.798. The Bertz CT molecular complexity index is 32.6. The maximum absolute atomic E-state index is 4.71. The van der Waals surface area contributed by atoms with Crippen molar-refractivity contribution >= 4 is 47.1 Å². The van der Waals surface area contributed by atoms with E-state index in [-0.39, 0.29) is 22.3 Å². The molecule has 0 aromatic rings. The first-order chi connectivity index (χ1) is 1.73. The molecular weight excluding hydrogens is 165 g/mol. The van der Waals surface area contributed by atoms with Gasteiger partial charge in [0.1, 0.15) is 4.32 Å². The van der Waals surface area contributed by atoms with Gasteiger partial charge < -0.3 is 5.73 Å². The molecule has 4 heteroatoms. The van der Waals surface area contributed by atoms with Gasteiger partial charge in [0.2, 0.25) is 0 Å². The summed E-state index contributed by atoms with van der Waals surface area (Å²) >= 11 is 7.65. The van der Waals surface area contributed by atoms with E-state index >= 15 is 0 Å². The molecule has 0 heterocycles. The molecule has 1 atom stereocenters. The zero-order chi connectivity index (χ0) is 3.58. The van der Waals surface area contributed by atoms with Crippen LogP contribution in [0.25, 0.3) is 0 Å². The number of thiol groups is 1. The minimum atomic E-state index is 0. The third-order valence-corrected chi connectivity index (χ3v) is 0. The Morgan fingerprint density at radius 3 is 1.80 bits per heavy atom. The summed E-state index contributed by atoms with van der Waals surface area (Å²) in [4.78, 5) is 0.